The van der Waals surface area contributed by atoms with E-state index in [-0.39, 0.29) is 13.0 Å². The molecule has 7 heteroatoms. The summed E-state index contributed by atoms with van der Waals surface area (Å²) >= 11 is 0. The minimum atomic E-state index is -1.07. The van der Waals surface area contributed by atoms with Crippen LogP contribution in [-0.4, -0.2) is 46.4 Å². The summed E-state index contributed by atoms with van der Waals surface area (Å²) in [7, 11) is 0. The second-order valence-electron chi connectivity index (χ2n) is 11.3. The van der Waals surface area contributed by atoms with Crippen molar-refractivity contribution in [1.29, 1.82) is 0 Å². The number of furan rings is 1. The van der Waals surface area contributed by atoms with E-state index in [4.69, 9.17) is 13.9 Å². The molecule has 1 saturated heterocycles. The predicted octanol–water partition coefficient (Wildman–Crippen LogP) is 7.76. The number of benzene rings is 4. The Labute approximate surface area is 237 Å². The zero-order chi connectivity index (χ0) is 28.7. The number of likely N-dealkylation sites (tertiary alicyclic amines) is 1. The zero-order valence-electron chi connectivity index (χ0n) is 23.2. The topological polar surface area (TPSA) is 89.2 Å². The summed E-state index contributed by atoms with van der Waals surface area (Å²) in [5.74, 6) is -0.459. The maximum atomic E-state index is 12.6. The van der Waals surface area contributed by atoms with Crippen LogP contribution in [-0.2, 0) is 9.53 Å². The van der Waals surface area contributed by atoms with Crippen LogP contribution in [0.1, 0.15) is 27.2 Å². The van der Waals surface area contributed by atoms with Crippen molar-refractivity contribution in [3.8, 4) is 28.0 Å². The summed E-state index contributed by atoms with van der Waals surface area (Å²) in [5.41, 5.74) is 5.24. The molecule has 1 aliphatic heterocycles. The maximum Gasteiger partial charge on any atom is 0.411 e. The standard InChI is InChI=1S/C34H31NO6/c1-34(2,3)41-33(38)35-20-25(19-29(35)32(36)37)39-24-17-15-22(16-18-24)21-11-13-23(14-12-21)26-8-6-9-28-27-7-4-5-10-30(27)40-31(26)28/h4-18,25,29H,19-20H2,1-3H3,(H,36,37). The molecular formula is C34H31NO6. The molecule has 2 atom stereocenters. The largest absolute Gasteiger partial charge is 0.488 e. The number of carboxylic acids is 1. The lowest BCUT2D eigenvalue weighted by molar-refractivity contribution is -0.142. The highest BCUT2D eigenvalue weighted by Crippen LogP contribution is 2.36. The van der Waals surface area contributed by atoms with E-state index < -0.39 is 29.8 Å². The summed E-state index contributed by atoms with van der Waals surface area (Å²) in [4.78, 5) is 25.6. The Balaban J connectivity index is 1.16. The number of aliphatic carboxylic acids is 1. The molecule has 2 unspecified atom stereocenters. The van der Waals surface area contributed by atoms with Gasteiger partial charge in [-0.2, -0.15) is 0 Å². The van der Waals surface area contributed by atoms with Gasteiger partial charge in [0.15, 0.2) is 0 Å². The summed E-state index contributed by atoms with van der Waals surface area (Å²) in [6, 6.07) is 29.3. The zero-order valence-corrected chi connectivity index (χ0v) is 23.2. The van der Waals surface area contributed by atoms with Crippen LogP contribution in [0.15, 0.2) is 95.4 Å². The van der Waals surface area contributed by atoms with Gasteiger partial charge >= 0.3 is 12.1 Å². The molecule has 1 fully saturated rings. The Hall–Kier alpha value is -4.78. The van der Waals surface area contributed by atoms with E-state index in [1.807, 2.05) is 42.5 Å². The molecule has 0 radical (unpaired) electrons. The first-order chi connectivity index (χ1) is 19.7. The van der Waals surface area contributed by atoms with Gasteiger partial charge < -0.3 is 19.0 Å². The van der Waals surface area contributed by atoms with Crippen molar-refractivity contribution < 1.29 is 28.6 Å². The maximum absolute atomic E-state index is 12.6. The number of carbonyl (C=O) groups is 2. The van der Waals surface area contributed by atoms with Crippen LogP contribution in [0.25, 0.3) is 44.2 Å². The van der Waals surface area contributed by atoms with E-state index in [1.54, 1.807) is 20.8 Å². The van der Waals surface area contributed by atoms with Crippen LogP contribution in [0, 0.1) is 0 Å². The third kappa shape index (κ3) is 5.35. The van der Waals surface area contributed by atoms with E-state index in [0.29, 0.717) is 5.75 Å². The molecule has 0 aliphatic carbocycles. The fourth-order valence-electron chi connectivity index (χ4n) is 5.37. The molecule has 7 nitrogen and oxygen atoms in total. The molecule has 1 aliphatic rings. The summed E-state index contributed by atoms with van der Waals surface area (Å²) in [5, 5.41) is 11.9. The minimum Gasteiger partial charge on any atom is -0.488 e. The van der Waals surface area contributed by atoms with Gasteiger partial charge in [-0.1, -0.05) is 72.8 Å². The Bertz CT molecular complexity index is 1730. The number of carboxylic acid groups (broad SMARTS) is 1. The van der Waals surface area contributed by atoms with Crippen molar-refractivity contribution in [2.45, 2.75) is 44.9 Å². The molecule has 6 rings (SSSR count). The van der Waals surface area contributed by atoms with E-state index in [9.17, 15) is 14.7 Å². The van der Waals surface area contributed by atoms with Gasteiger partial charge in [0, 0.05) is 22.8 Å². The number of fused-ring (bicyclic) bond motifs is 3. The van der Waals surface area contributed by atoms with Gasteiger partial charge in [0.25, 0.3) is 0 Å². The Kier molecular flexibility index (Phi) is 6.66. The van der Waals surface area contributed by atoms with Gasteiger partial charge in [-0.05, 0) is 55.7 Å². The third-order valence-electron chi connectivity index (χ3n) is 7.27. The van der Waals surface area contributed by atoms with E-state index in [0.717, 1.165) is 44.2 Å². The number of hydrogen-bond acceptors (Lipinski definition) is 5. The summed E-state index contributed by atoms with van der Waals surface area (Å²) < 4.78 is 17.7. The first kappa shape index (κ1) is 26.4. The van der Waals surface area contributed by atoms with Crippen molar-refractivity contribution in [3.05, 3.63) is 91.0 Å². The first-order valence-corrected chi connectivity index (χ1v) is 13.7. The molecule has 1 N–H and O–H groups in total. The minimum absolute atomic E-state index is 0.146. The Morgan fingerprint density at radius 1 is 0.829 bits per heavy atom. The van der Waals surface area contributed by atoms with Gasteiger partial charge in [0.05, 0.1) is 6.54 Å². The molecule has 0 spiro atoms. The van der Waals surface area contributed by atoms with Crippen LogP contribution in [0.2, 0.25) is 0 Å². The highest BCUT2D eigenvalue weighted by Gasteiger charge is 2.42. The van der Waals surface area contributed by atoms with E-state index in [2.05, 4.69) is 48.5 Å². The highest BCUT2D eigenvalue weighted by molar-refractivity contribution is 6.09. The number of para-hydroxylation sites is 2. The van der Waals surface area contributed by atoms with Crippen molar-refractivity contribution in [3.63, 3.8) is 0 Å². The van der Waals surface area contributed by atoms with Gasteiger partial charge in [-0.3, -0.25) is 4.90 Å². The normalized spacial score (nSPS) is 17.2. The van der Waals surface area contributed by atoms with Crippen molar-refractivity contribution >= 4 is 34.0 Å². The molecule has 1 amide bonds. The fourth-order valence-corrected chi connectivity index (χ4v) is 5.37. The highest BCUT2D eigenvalue weighted by atomic mass is 16.6. The molecule has 2 heterocycles. The first-order valence-electron chi connectivity index (χ1n) is 13.7. The second-order valence-corrected chi connectivity index (χ2v) is 11.3. The van der Waals surface area contributed by atoms with Crippen LogP contribution >= 0.6 is 0 Å². The predicted molar refractivity (Wildman–Crippen MR) is 158 cm³/mol. The van der Waals surface area contributed by atoms with Crippen LogP contribution < -0.4 is 4.74 Å². The second kappa shape index (κ2) is 10.3. The Morgan fingerprint density at radius 2 is 1.46 bits per heavy atom. The molecule has 0 bridgehead atoms. The summed E-state index contributed by atoms with van der Waals surface area (Å²) in [6.07, 6.45) is -0.906. The quantitative estimate of drug-likeness (QED) is 0.241. The van der Waals surface area contributed by atoms with Crippen LogP contribution in [0.3, 0.4) is 0 Å². The molecular weight excluding hydrogens is 518 g/mol. The lowest BCUT2D eigenvalue weighted by atomic mass is 9.99. The number of rotatable bonds is 5. The van der Waals surface area contributed by atoms with Gasteiger partial charge in [-0.15, -0.1) is 0 Å². The smallest absolute Gasteiger partial charge is 0.411 e. The summed E-state index contributed by atoms with van der Waals surface area (Å²) in [6.45, 7) is 5.40. The fraction of sp³-hybridized carbons (Fsp3) is 0.235. The van der Waals surface area contributed by atoms with Gasteiger partial charge in [0.1, 0.15) is 34.7 Å². The van der Waals surface area contributed by atoms with Crippen molar-refractivity contribution in [2.24, 2.45) is 0 Å². The van der Waals surface area contributed by atoms with E-state index in [1.165, 1.54) is 4.90 Å². The number of hydrogen-bond donors (Lipinski definition) is 1. The number of ether oxygens (including phenoxy) is 2. The molecule has 41 heavy (non-hydrogen) atoms. The molecule has 208 valence electrons. The van der Waals surface area contributed by atoms with E-state index >= 15 is 0 Å². The van der Waals surface area contributed by atoms with Gasteiger partial charge in [0.2, 0.25) is 0 Å². The molecule has 4 aromatic carbocycles. The molecule has 0 saturated carbocycles. The van der Waals surface area contributed by atoms with Gasteiger partial charge in [-0.25, -0.2) is 9.59 Å². The number of carbonyl (C=O) groups excluding carboxylic acids is 1. The lowest BCUT2D eigenvalue weighted by Crippen LogP contribution is -2.43. The lowest BCUT2D eigenvalue weighted by Gasteiger charge is -2.26. The average Bonchev–Trinajstić information content (AvgIpc) is 3.55. The Morgan fingerprint density at radius 3 is 2.15 bits per heavy atom. The van der Waals surface area contributed by atoms with Crippen LogP contribution in [0.4, 0.5) is 4.79 Å². The molecule has 1 aromatic heterocycles. The number of nitrogens with zero attached hydrogens (tertiary/aromatic N) is 1. The molecule has 5 aromatic rings. The van der Waals surface area contributed by atoms with Crippen molar-refractivity contribution in [2.75, 3.05) is 6.54 Å². The average molecular weight is 550 g/mol. The van der Waals surface area contributed by atoms with Crippen LogP contribution in [0.5, 0.6) is 5.75 Å². The SMILES string of the molecule is CC(C)(C)OC(=O)N1CC(Oc2ccc(-c3ccc(-c4cccc5c4oc4ccccc45)cc3)cc2)CC1C(=O)O. The number of amides is 1. The monoisotopic (exact) mass is 549 g/mol. The van der Waals surface area contributed by atoms with Crippen molar-refractivity contribution in [1.82, 2.24) is 4.90 Å². The third-order valence-corrected chi connectivity index (χ3v) is 7.27.